The van der Waals surface area contributed by atoms with Crippen molar-refractivity contribution < 1.29 is 4.21 Å². The third-order valence-electron chi connectivity index (χ3n) is 3.59. The van der Waals surface area contributed by atoms with Gasteiger partial charge in [0.05, 0.1) is 11.4 Å². The average molecular weight is 334 g/mol. The highest BCUT2D eigenvalue weighted by Crippen LogP contribution is 2.18. The van der Waals surface area contributed by atoms with Crippen LogP contribution in [0.5, 0.6) is 0 Å². The molecule has 0 aliphatic rings. The molecule has 0 aliphatic heterocycles. The van der Waals surface area contributed by atoms with Crippen molar-refractivity contribution in [2.45, 2.75) is 0 Å². The monoisotopic (exact) mass is 334 g/mol. The molecule has 5 nitrogen and oxygen atoms in total. The van der Waals surface area contributed by atoms with Crippen LogP contribution >= 0.6 is 0 Å². The largest absolute Gasteiger partial charge is 0.266 e. The third kappa shape index (κ3) is 2.79. The fourth-order valence-corrected chi connectivity index (χ4v) is 3.22. The molecule has 24 heavy (non-hydrogen) atoms. The van der Waals surface area contributed by atoms with E-state index >= 15 is 0 Å². The molecule has 0 radical (unpaired) electrons. The smallest absolute Gasteiger partial charge is 0.209 e. The maximum atomic E-state index is 12.6. The normalized spacial score (nSPS) is 11.0. The highest BCUT2D eigenvalue weighted by molar-refractivity contribution is 7.81. The first-order chi connectivity index (χ1) is 11.8. The van der Waals surface area contributed by atoms with Gasteiger partial charge in [0.25, 0.3) is 11.2 Å². The molecule has 0 saturated heterocycles. The SMILES string of the molecule is O=S(n1ccc(-c2ccccc2)n1)n1ccc(-c2ccccc2)n1. The summed E-state index contributed by atoms with van der Waals surface area (Å²) in [5, 5.41) is 8.79. The zero-order valence-electron chi connectivity index (χ0n) is 12.7. The highest BCUT2D eigenvalue weighted by Gasteiger charge is 2.11. The lowest BCUT2D eigenvalue weighted by Gasteiger charge is -2.01. The lowest BCUT2D eigenvalue weighted by Crippen LogP contribution is -2.14. The fourth-order valence-electron chi connectivity index (χ4n) is 2.40. The minimum Gasteiger partial charge on any atom is -0.209 e. The minimum atomic E-state index is -1.54. The van der Waals surface area contributed by atoms with Gasteiger partial charge in [0.15, 0.2) is 0 Å². The van der Waals surface area contributed by atoms with E-state index in [-0.39, 0.29) is 0 Å². The molecule has 2 heterocycles. The number of aromatic nitrogens is 4. The number of hydrogen-bond donors (Lipinski definition) is 0. The van der Waals surface area contributed by atoms with E-state index in [1.165, 1.54) is 8.17 Å². The van der Waals surface area contributed by atoms with Crippen LogP contribution < -0.4 is 0 Å². The van der Waals surface area contributed by atoms with Gasteiger partial charge in [-0.15, -0.1) is 0 Å². The maximum Gasteiger partial charge on any atom is 0.266 e. The molecule has 0 amide bonds. The van der Waals surface area contributed by atoms with Crippen molar-refractivity contribution in [3.63, 3.8) is 0 Å². The number of hydrogen-bond acceptors (Lipinski definition) is 3. The molecule has 118 valence electrons. The standard InChI is InChI=1S/C18H14N4OS/c23-24(21-13-11-17(19-21)15-7-3-1-4-8-15)22-14-12-18(20-22)16-9-5-2-6-10-16/h1-14H. The van der Waals surface area contributed by atoms with Crippen LogP contribution in [-0.2, 0) is 11.2 Å². The summed E-state index contributed by atoms with van der Waals surface area (Å²) in [6, 6.07) is 23.3. The average Bonchev–Trinajstić information content (AvgIpc) is 3.33. The van der Waals surface area contributed by atoms with Crippen molar-refractivity contribution in [1.82, 2.24) is 18.4 Å². The zero-order chi connectivity index (χ0) is 16.4. The highest BCUT2D eigenvalue weighted by atomic mass is 32.2. The molecule has 4 rings (SSSR count). The van der Waals surface area contributed by atoms with Gasteiger partial charge in [-0.05, 0) is 12.1 Å². The van der Waals surface area contributed by atoms with E-state index in [2.05, 4.69) is 10.2 Å². The zero-order valence-corrected chi connectivity index (χ0v) is 13.5. The number of benzene rings is 2. The molecule has 0 saturated carbocycles. The molecule has 0 aliphatic carbocycles. The van der Waals surface area contributed by atoms with E-state index in [9.17, 15) is 4.21 Å². The molecule has 6 heteroatoms. The van der Waals surface area contributed by atoms with Crippen LogP contribution in [0.15, 0.2) is 85.2 Å². The summed E-state index contributed by atoms with van der Waals surface area (Å²) in [5.74, 6) is 0. The number of rotatable bonds is 4. The van der Waals surface area contributed by atoms with Crippen molar-refractivity contribution in [1.29, 1.82) is 0 Å². The Morgan fingerprint density at radius 3 is 1.46 bits per heavy atom. The Labute approximate surface area is 141 Å². The Hall–Kier alpha value is -2.99. The van der Waals surface area contributed by atoms with Crippen molar-refractivity contribution in [3.05, 3.63) is 85.2 Å². The van der Waals surface area contributed by atoms with Crippen LogP contribution in [0, 0.1) is 0 Å². The maximum absolute atomic E-state index is 12.6. The van der Waals surface area contributed by atoms with Gasteiger partial charge in [-0.1, -0.05) is 60.7 Å². The van der Waals surface area contributed by atoms with E-state index in [4.69, 9.17) is 0 Å². The Kier molecular flexibility index (Phi) is 3.80. The molecular formula is C18H14N4OS. The second kappa shape index (κ2) is 6.25. The first-order valence-corrected chi connectivity index (χ1v) is 8.52. The van der Waals surface area contributed by atoms with Crippen molar-refractivity contribution in [2.24, 2.45) is 0 Å². The molecule has 0 atom stereocenters. The van der Waals surface area contributed by atoms with E-state index in [1.54, 1.807) is 12.4 Å². The fraction of sp³-hybridized carbons (Fsp3) is 0. The quantitative estimate of drug-likeness (QED) is 0.575. The molecule has 0 N–H and O–H groups in total. The summed E-state index contributed by atoms with van der Waals surface area (Å²) >= 11 is -1.54. The first kappa shape index (κ1) is 14.6. The summed E-state index contributed by atoms with van der Waals surface area (Å²) in [6.07, 6.45) is 3.39. The summed E-state index contributed by atoms with van der Waals surface area (Å²) in [5.41, 5.74) is 3.52. The molecule has 2 aromatic carbocycles. The molecular weight excluding hydrogens is 320 g/mol. The van der Waals surface area contributed by atoms with Gasteiger partial charge >= 0.3 is 0 Å². The molecule has 0 spiro atoms. The van der Waals surface area contributed by atoms with Crippen LogP contribution in [0.4, 0.5) is 0 Å². The summed E-state index contributed by atoms with van der Waals surface area (Å²) < 4.78 is 15.5. The van der Waals surface area contributed by atoms with Crippen LogP contribution in [-0.4, -0.2) is 22.6 Å². The van der Waals surface area contributed by atoms with Gasteiger partial charge in [0.1, 0.15) is 0 Å². The second-order valence-corrected chi connectivity index (χ2v) is 6.38. The molecule has 4 aromatic rings. The van der Waals surface area contributed by atoms with E-state index in [0.717, 1.165) is 22.5 Å². The molecule has 0 unspecified atom stereocenters. The van der Waals surface area contributed by atoms with E-state index < -0.39 is 11.2 Å². The minimum absolute atomic E-state index is 0.777. The van der Waals surface area contributed by atoms with Crippen LogP contribution in [0.1, 0.15) is 0 Å². The van der Waals surface area contributed by atoms with Gasteiger partial charge < -0.3 is 0 Å². The number of nitrogens with zero attached hydrogens (tertiary/aromatic N) is 4. The van der Waals surface area contributed by atoms with Crippen LogP contribution in [0.2, 0.25) is 0 Å². The lowest BCUT2D eigenvalue weighted by atomic mass is 10.2. The topological polar surface area (TPSA) is 52.7 Å². The van der Waals surface area contributed by atoms with Crippen LogP contribution in [0.3, 0.4) is 0 Å². The van der Waals surface area contributed by atoms with Gasteiger partial charge in [-0.2, -0.15) is 18.4 Å². The predicted octanol–water partition coefficient (Wildman–Crippen LogP) is 3.39. The lowest BCUT2D eigenvalue weighted by molar-refractivity contribution is 0.658. The van der Waals surface area contributed by atoms with Gasteiger partial charge in [0, 0.05) is 23.5 Å². The van der Waals surface area contributed by atoms with Crippen molar-refractivity contribution in [2.75, 3.05) is 0 Å². The molecule has 0 bridgehead atoms. The Morgan fingerprint density at radius 1 is 0.625 bits per heavy atom. The van der Waals surface area contributed by atoms with Gasteiger partial charge in [0.2, 0.25) is 0 Å². The third-order valence-corrected chi connectivity index (χ3v) is 4.64. The van der Waals surface area contributed by atoms with E-state index in [0.29, 0.717) is 0 Å². The predicted molar refractivity (Wildman–Crippen MR) is 94.3 cm³/mol. The first-order valence-electron chi connectivity index (χ1n) is 7.46. The molecule has 0 fully saturated rings. The van der Waals surface area contributed by atoms with Crippen molar-refractivity contribution >= 4 is 11.2 Å². The summed E-state index contributed by atoms with van der Waals surface area (Å²) in [6.45, 7) is 0. The second-order valence-electron chi connectivity index (χ2n) is 5.17. The Balaban J connectivity index is 1.61. The Bertz CT molecular complexity index is 897. The molecule has 2 aromatic heterocycles. The van der Waals surface area contributed by atoms with Crippen molar-refractivity contribution in [3.8, 4) is 22.5 Å². The van der Waals surface area contributed by atoms with Gasteiger partial charge in [-0.25, -0.2) is 4.21 Å². The van der Waals surface area contributed by atoms with Crippen LogP contribution in [0.25, 0.3) is 22.5 Å². The van der Waals surface area contributed by atoms with E-state index in [1.807, 2.05) is 72.8 Å². The Morgan fingerprint density at radius 2 is 1.04 bits per heavy atom. The summed E-state index contributed by atoms with van der Waals surface area (Å²) in [7, 11) is 0. The summed E-state index contributed by atoms with van der Waals surface area (Å²) in [4.78, 5) is 0. The van der Waals surface area contributed by atoms with Gasteiger partial charge in [-0.3, -0.25) is 0 Å².